The fourth-order valence-electron chi connectivity index (χ4n) is 2.30. The number of halogens is 1. The molecule has 0 aromatic heterocycles. The van der Waals surface area contributed by atoms with Crippen LogP contribution in [0.3, 0.4) is 0 Å². The van der Waals surface area contributed by atoms with Gasteiger partial charge in [0.25, 0.3) is 0 Å². The Morgan fingerprint density at radius 1 is 1.32 bits per heavy atom. The lowest BCUT2D eigenvalue weighted by atomic mass is 10.1. The zero-order valence-electron chi connectivity index (χ0n) is 11.3. The molecular weight excluding hydrogens is 306 g/mol. The number of piperidine rings is 1. The topological polar surface area (TPSA) is 29.5 Å². The molecule has 1 amide bonds. The number of hydrogen-bond acceptors (Lipinski definition) is 2. The Morgan fingerprint density at radius 2 is 1.95 bits per heavy atom. The molecule has 104 valence electrons. The van der Waals surface area contributed by atoms with Crippen molar-refractivity contribution in [3.63, 3.8) is 0 Å². The number of amides is 1. The highest BCUT2D eigenvalue weighted by atomic mass is 79.9. The van der Waals surface area contributed by atoms with Crippen LogP contribution in [0.2, 0.25) is 0 Å². The summed E-state index contributed by atoms with van der Waals surface area (Å²) in [4.78, 5) is 14.7. The Hall–Kier alpha value is -1.03. The van der Waals surface area contributed by atoms with Crippen LogP contribution in [0.1, 0.15) is 24.8 Å². The number of methoxy groups -OCH3 is 1. The third-order valence-corrected chi connectivity index (χ3v) is 4.48. The number of aryl methyl sites for hydroxylation is 1. The molecule has 1 fully saturated rings. The second-order valence-corrected chi connectivity index (χ2v) is 6.20. The minimum atomic E-state index is 0.273. The first-order chi connectivity index (χ1) is 9.19. The van der Waals surface area contributed by atoms with Gasteiger partial charge < -0.3 is 9.64 Å². The highest BCUT2D eigenvalue weighted by molar-refractivity contribution is 9.09. The quantitative estimate of drug-likeness (QED) is 0.796. The molecule has 1 aromatic carbocycles. The van der Waals surface area contributed by atoms with Crippen LogP contribution in [0, 0.1) is 0 Å². The van der Waals surface area contributed by atoms with E-state index >= 15 is 0 Å². The van der Waals surface area contributed by atoms with Crippen molar-refractivity contribution in [3.8, 4) is 5.75 Å². The molecule has 0 saturated carbocycles. The smallest absolute Gasteiger partial charge is 0.222 e. The van der Waals surface area contributed by atoms with Crippen LogP contribution < -0.4 is 4.74 Å². The van der Waals surface area contributed by atoms with E-state index in [1.165, 1.54) is 5.56 Å². The maximum Gasteiger partial charge on any atom is 0.222 e. The third kappa shape index (κ3) is 4.23. The number of alkyl halides is 1. The van der Waals surface area contributed by atoms with E-state index in [-0.39, 0.29) is 5.91 Å². The molecule has 0 atom stereocenters. The minimum absolute atomic E-state index is 0.273. The van der Waals surface area contributed by atoms with E-state index in [0.29, 0.717) is 11.2 Å². The number of carbonyl (C=O) groups excluding carboxylic acids is 1. The molecule has 19 heavy (non-hydrogen) atoms. The molecule has 1 heterocycles. The fraction of sp³-hybridized carbons (Fsp3) is 0.533. The summed E-state index contributed by atoms with van der Waals surface area (Å²) >= 11 is 3.60. The molecule has 0 aliphatic carbocycles. The normalized spacial score (nSPS) is 16.4. The van der Waals surface area contributed by atoms with Gasteiger partial charge in [0.15, 0.2) is 0 Å². The number of carbonyl (C=O) groups is 1. The predicted octanol–water partition coefficient (Wildman–Crippen LogP) is 3.01. The molecule has 4 heteroatoms. The van der Waals surface area contributed by atoms with Gasteiger partial charge in [0.2, 0.25) is 5.91 Å². The van der Waals surface area contributed by atoms with Gasteiger partial charge in [-0.3, -0.25) is 4.79 Å². The van der Waals surface area contributed by atoms with Crippen LogP contribution in [-0.2, 0) is 11.2 Å². The molecule has 2 rings (SSSR count). The summed E-state index contributed by atoms with van der Waals surface area (Å²) < 4.78 is 5.12. The van der Waals surface area contributed by atoms with Gasteiger partial charge in [-0.15, -0.1) is 0 Å². The van der Waals surface area contributed by atoms with Crippen molar-refractivity contribution < 1.29 is 9.53 Å². The van der Waals surface area contributed by atoms with Crippen molar-refractivity contribution in [1.82, 2.24) is 4.90 Å². The van der Waals surface area contributed by atoms with Crippen molar-refractivity contribution in [3.05, 3.63) is 29.8 Å². The Labute approximate surface area is 123 Å². The van der Waals surface area contributed by atoms with Crippen LogP contribution in [-0.4, -0.2) is 35.8 Å². The lowest BCUT2D eigenvalue weighted by Crippen LogP contribution is -2.38. The molecule has 1 aliphatic rings. The second-order valence-electron chi connectivity index (χ2n) is 4.90. The van der Waals surface area contributed by atoms with Gasteiger partial charge in [0, 0.05) is 24.3 Å². The molecule has 1 aromatic rings. The summed E-state index contributed by atoms with van der Waals surface area (Å²) in [6, 6.07) is 7.93. The summed E-state index contributed by atoms with van der Waals surface area (Å²) in [6.07, 6.45) is 3.53. The largest absolute Gasteiger partial charge is 0.497 e. The van der Waals surface area contributed by atoms with Crippen LogP contribution in [0.4, 0.5) is 0 Å². The van der Waals surface area contributed by atoms with E-state index in [9.17, 15) is 4.79 Å². The minimum Gasteiger partial charge on any atom is -0.497 e. The summed E-state index contributed by atoms with van der Waals surface area (Å²) in [6.45, 7) is 1.77. The monoisotopic (exact) mass is 325 g/mol. The molecule has 3 nitrogen and oxygen atoms in total. The van der Waals surface area contributed by atoms with Crippen LogP contribution in [0.15, 0.2) is 24.3 Å². The summed E-state index contributed by atoms with van der Waals surface area (Å²) in [7, 11) is 1.66. The lowest BCUT2D eigenvalue weighted by molar-refractivity contribution is -0.131. The van der Waals surface area contributed by atoms with Gasteiger partial charge in [0.1, 0.15) is 5.75 Å². The molecule has 0 unspecified atom stereocenters. The molecule has 0 bridgehead atoms. The Balaban J connectivity index is 1.79. The molecule has 0 spiro atoms. The average molecular weight is 326 g/mol. The maximum absolute atomic E-state index is 12.1. The fourth-order valence-corrected chi connectivity index (χ4v) is 2.71. The van der Waals surface area contributed by atoms with Crippen LogP contribution >= 0.6 is 15.9 Å². The van der Waals surface area contributed by atoms with E-state index in [2.05, 4.69) is 15.9 Å². The predicted molar refractivity (Wildman–Crippen MR) is 79.8 cm³/mol. The molecule has 0 radical (unpaired) electrons. The number of rotatable bonds is 4. The molecule has 1 saturated heterocycles. The van der Waals surface area contributed by atoms with Crippen molar-refractivity contribution in [2.75, 3.05) is 20.2 Å². The van der Waals surface area contributed by atoms with Gasteiger partial charge in [-0.1, -0.05) is 28.1 Å². The zero-order chi connectivity index (χ0) is 13.7. The van der Waals surface area contributed by atoms with Gasteiger partial charge in [0.05, 0.1) is 7.11 Å². The van der Waals surface area contributed by atoms with Gasteiger partial charge in [-0.2, -0.15) is 0 Å². The van der Waals surface area contributed by atoms with Gasteiger partial charge in [-0.25, -0.2) is 0 Å². The van der Waals surface area contributed by atoms with Crippen molar-refractivity contribution in [2.24, 2.45) is 0 Å². The standard InChI is InChI=1S/C15H20BrNO2/c1-19-14-5-2-12(3-6-14)4-7-15(18)17-10-8-13(16)9-11-17/h2-3,5-6,13H,4,7-11H2,1H3. The highest BCUT2D eigenvalue weighted by Gasteiger charge is 2.20. The number of hydrogen-bond donors (Lipinski definition) is 0. The molecule has 0 N–H and O–H groups in total. The maximum atomic E-state index is 12.1. The lowest BCUT2D eigenvalue weighted by Gasteiger charge is -2.29. The molecular formula is C15H20BrNO2. The summed E-state index contributed by atoms with van der Waals surface area (Å²) in [5.41, 5.74) is 1.18. The Morgan fingerprint density at radius 3 is 2.53 bits per heavy atom. The number of nitrogens with zero attached hydrogens (tertiary/aromatic N) is 1. The van der Waals surface area contributed by atoms with E-state index in [0.717, 1.165) is 38.1 Å². The van der Waals surface area contributed by atoms with Crippen molar-refractivity contribution in [2.45, 2.75) is 30.5 Å². The van der Waals surface area contributed by atoms with Crippen LogP contribution in [0.25, 0.3) is 0 Å². The summed E-state index contributed by atoms with van der Waals surface area (Å²) in [5, 5.41) is 0. The first kappa shape index (κ1) is 14.4. The van der Waals surface area contributed by atoms with Crippen molar-refractivity contribution >= 4 is 21.8 Å². The van der Waals surface area contributed by atoms with E-state index < -0.39 is 0 Å². The number of benzene rings is 1. The SMILES string of the molecule is COc1ccc(CCC(=O)N2CCC(Br)CC2)cc1. The first-order valence-corrected chi connectivity index (χ1v) is 7.65. The van der Waals surface area contributed by atoms with Crippen LogP contribution in [0.5, 0.6) is 5.75 Å². The average Bonchev–Trinajstić information content (AvgIpc) is 2.46. The van der Waals surface area contributed by atoms with Gasteiger partial charge >= 0.3 is 0 Å². The highest BCUT2D eigenvalue weighted by Crippen LogP contribution is 2.18. The van der Waals surface area contributed by atoms with E-state index in [1.807, 2.05) is 29.2 Å². The molecule has 1 aliphatic heterocycles. The van der Waals surface area contributed by atoms with Crippen molar-refractivity contribution in [1.29, 1.82) is 0 Å². The Bertz CT molecular complexity index is 411. The first-order valence-electron chi connectivity index (χ1n) is 6.74. The third-order valence-electron chi connectivity index (χ3n) is 3.56. The number of likely N-dealkylation sites (tertiary alicyclic amines) is 1. The Kier molecular flexibility index (Phi) is 5.25. The van der Waals surface area contributed by atoms with E-state index in [1.54, 1.807) is 7.11 Å². The van der Waals surface area contributed by atoms with Gasteiger partial charge in [-0.05, 0) is 37.0 Å². The van der Waals surface area contributed by atoms with E-state index in [4.69, 9.17) is 4.74 Å². The summed E-state index contributed by atoms with van der Waals surface area (Å²) in [5.74, 6) is 1.13. The zero-order valence-corrected chi connectivity index (χ0v) is 12.9. The second kappa shape index (κ2) is 6.94. The number of ether oxygens (including phenoxy) is 1.